The molecule has 2 N–H and O–H groups in total. The van der Waals surface area contributed by atoms with Gasteiger partial charge < -0.3 is 10.5 Å². The molecule has 5 heteroatoms. The summed E-state index contributed by atoms with van der Waals surface area (Å²) in [5, 5.41) is 8.10. The van der Waals surface area contributed by atoms with Crippen LogP contribution in [0.15, 0.2) is 6.20 Å². The van der Waals surface area contributed by atoms with Crippen LogP contribution in [-0.2, 0) is 11.3 Å². The number of hydrogen-bond donors (Lipinski definition) is 1. The number of nitrogens with two attached hydrogens (primary N) is 1. The van der Waals surface area contributed by atoms with Gasteiger partial charge in [-0.1, -0.05) is 0 Å². The van der Waals surface area contributed by atoms with E-state index in [1.54, 1.807) is 11.0 Å². The lowest BCUT2D eigenvalue weighted by Gasteiger charge is -2.21. The van der Waals surface area contributed by atoms with Gasteiger partial charge in [0.2, 0.25) is 0 Å². The monoisotopic (exact) mass is 196 g/mol. The molecule has 1 aromatic heterocycles. The molecule has 2 rings (SSSR count). The summed E-state index contributed by atoms with van der Waals surface area (Å²) in [6.45, 7) is 2.67. The van der Waals surface area contributed by atoms with Gasteiger partial charge in [0.05, 0.1) is 12.7 Å². The van der Waals surface area contributed by atoms with Crippen molar-refractivity contribution < 1.29 is 4.74 Å². The fourth-order valence-electron chi connectivity index (χ4n) is 1.75. The van der Waals surface area contributed by atoms with Gasteiger partial charge in [-0.3, -0.25) is 0 Å². The molecule has 0 saturated carbocycles. The van der Waals surface area contributed by atoms with Gasteiger partial charge in [-0.15, -0.1) is 5.10 Å². The van der Waals surface area contributed by atoms with Gasteiger partial charge in [0.15, 0.2) is 5.82 Å². The van der Waals surface area contributed by atoms with Gasteiger partial charge >= 0.3 is 0 Å². The van der Waals surface area contributed by atoms with Crippen LogP contribution >= 0.6 is 0 Å². The van der Waals surface area contributed by atoms with Crippen molar-refractivity contribution in [3.63, 3.8) is 0 Å². The molecule has 14 heavy (non-hydrogen) atoms. The topological polar surface area (TPSA) is 66.0 Å². The Hall–Kier alpha value is -1.10. The van der Waals surface area contributed by atoms with E-state index in [0.717, 1.165) is 44.9 Å². The molecule has 1 saturated heterocycles. The van der Waals surface area contributed by atoms with Crippen molar-refractivity contribution in [3.05, 3.63) is 6.20 Å². The van der Waals surface area contributed by atoms with Gasteiger partial charge in [0.25, 0.3) is 0 Å². The highest BCUT2D eigenvalue weighted by molar-refractivity contribution is 5.19. The third kappa shape index (κ3) is 2.45. The highest BCUT2D eigenvalue weighted by atomic mass is 16.5. The van der Waals surface area contributed by atoms with E-state index < -0.39 is 0 Å². The lowest BCUT2D eigenvalue weighted by Crippen LogP contribution is -2.18. The number of anilines is 1. The van der Waals surface area contributed by atoms with Crippen molar-refractivity contribution in [2.24, 2.45) is 5.92 Å². The lowest BCUT2D eigenvalue weighted by atomic mass is 9.97. The van der Waals surface area contributed by atoms with E-state index in [-0.39, 0.29) is 0 Å². The van der Waals surface area contributed by atoms with Crippen molar-refractivity contribution >= 4 is 5.82 Å². The molecule has 1 aromatic rings. The van der Waals surface area contributed by atoms with Gasteiger partial charge in [-0.2, -0.15) is 9.90 Å². The Morgan fingerprint density at radius 2 is 2.29 bits per heavy atom. The van der Waals surface area contributed by atoms with Crippen molar-refractivity contribution in [1.29, 1.82) is 0 Å². The van der Waals surface area contributed by atoms with Gasteiger partial charge in [-0.25, -0.2) is 0 Å². The summed E-state index contributed by atoms with van der Waals surface area (Å²) in [5.74, 6) is 1.26. The third-order valence-corrected chi connectivity index (χ3v) is 2.63. The zero-order valence-corrected chi connectivity index (χ0v) is 8.22. The molecule has 2 heterocycles. The van der Waals surface area contributed by atoms with Crippen LogP contribution in [0.4, 0.5) is 5.82 Å². The summed E-state index contributed by atoms with van der Waals surface area (Å²) in [5.41, 5.74) is 5.47. The Morgan fingerprint density at radius 1 is 1.50 bits per heavy atom. The molecule has 0 radical (unpaired) electrons. The molecule has 1 aliphatic rings. The van der Waals surface area contributed by atoms with Crippen LogP contribution in [-0.4, -0.2) is 28.2 Å². The first-order valence-electron chi connectivity index (χ1n) is 5.08. The minimum Gasteiger partial charge on any atom is -0.381 e. The highest BCUT2D eigenvalue weighted by Gasteiger charge is 2.13. The molecular weight excluding hydrogens is 180 g/mol. The number of aromatic nitrogens is 3. The Kier molecular flexibility index (Phi) is 2.98. The average Bonchev–Trinajstić information content (AvgIpc) is 2.63. The summed E-state index contributed by atoms with van der Waals surface area (Å²) >= 11 is 0. The lowest BCUT2D eigenvalue weighted by molar-refractivity contribution is 0.0619. The third-order valence-electron chi connectivity index (χ3n) is 2.63. The summed E-state index contributed by atoms with van der Waals surface area (Å²) in [6.07, 6.45) is 5.04. The summed E-state index contributed by atoms with van der Waals surface area (Å²) in [4.78, 5) is 1.67. The number of nitrogen functional groups attached to an aromatic ring is 1. The Morgan fingerprint density at radius 3 is 2.93 bits per heavy atom. The van der Waals surface area contributed by atoms with Crippen molar-refractivity contribution in [2.75, 3.05) is 18.9 Å². The maximum absolute atomic E-state index is 5.47. The predicted molar refractivity (Wildman–Crippen MR) is 52.6 cm³/mol. The molecule has 0 aliphatic carbocycles. The SMILES string of the molecule is Nc1cnn(CCC2CCOCC2)n1. The average molecular weight is 196 g/mol. The van der Waals surface area contributed by atoms with E-state index in [0.29, 0.717) is 5.82 Å². The minimum absolute atomic E-state index is 0.497. The van der Waals surface area contributed by atoms with E-state index in [1.807, 2.05) is 0 Å². The smallest absolute Gasteiger partial charge is 0.165 e. The molecule has 0 amide bonds. The number of ether oxygens (including phenoxy) is 1. The molecule has 0 atom stereocenters. The van der Waals surface area contributed by atoms with Crippen molar-refractivity contribution in [2.45, 2.75) is 25.8 Å². The largest absolute Gasteiger partial charge is 0.381 e. The van der Waals surface area contributed by atoms with Crippen molar-refractivity contribution in [3.8, 4) is 0 Å². The second-order valence-corrected chi connectivity index (χ2v) is 3.71. The van der Waals surface area contributed by atoms with E-state index in [2.05, 4.69) is 10.2 Å². The fourth-order valence-corrected chi connectivity index (χ4v) is 1.75. The maximum Gasteiger partial charge on any atom is 0.165 e. The van der Waals surface area contributed by atoms with Gasteiger partial charge in [0, 0.05) is 13.2 Å². The van der Waals surface area contributed by atoms with E-state index in [4.69, 9.17) is 10.5 Å². The zero-order chi connectivity index (χ0) is 9.80. The molecule has 0 spiro atoms. The van der Waals surface area contributed by atoms with Gasteiger partial charge in [-0.05, 0) is 25.2 Å². The number of rotatable bonds is 3. The number of nitrogens with zero attached hydrogens (tertiary/aromatic N) is 3. The Labute approximate surface area is 83.2 Å². The van der Waals surface area contributed by atoms with Crippen LogP contribution in [0, 0.1) is 5.92 Å². The fraction of sp³-hybridized carbons (Fsp3) is 0.778. The maximum atomic E-state index is 5.47. The van der Waals surface area contributed by atoms with Crippen LogP contribution in [0.3, 0.4) is 0 Å². The standard InChI is InChI=1S/C9H16N4O/c10-9-7-11-13(12-9)4-1-8-2-5-14-6-3-8/h7-8H,1-6H2,(H2,10,12). The highest BCUT2D eigenvalue weighted by Crippen LogP contribution is 2.18. The van der Waals surface area contributed by atoms with Crippen LogP contribution in [0.1, 0.15) is 19.3 Å². The molecule has 1 fully saturated rings. The Bertz CT molecular complexity index is 280. The number of aryl methyl sites for hydroxylation is 1. The first kappa shape index (κ1) is 9.45. The first-order valence-corrected chi connectivity index (χ1v) is 5.08. The Balaban J connectivity index is 1.76. The summed E-state index contributed by atoms with van der Waals surface area (Å²) in [6, 6.07) is 0. The quantitative estimate of drug-likeness (QED) is 0.772. The second-order valence-electron chi connectivity index (χ2n) is 3.71. The van der Waals surface area contributed by atoms with E-state index >= 15 is 0 Å². The van der Waals surface area contributed by atoms with E-state index in [1.165, 1.54) is 0 Å². The van der Waals surface area contributed by atoms with Gasteiger partial charge in [0.1, 0.15) is 0 Å². The molecule has 0 unspecified atom stereocenters. The van der Waals surface area contributed by atoms with Crippen LogP contribution < -0.4 is 5.73 Å². The summed E-state index contributed by atoms with van der Waals surface area (Å²) in [7, 11) is 0. The predicted octanol–water partition coefficient (Wildman–Crippen LogP) is 0.677. The summed E-state index contributed by atoms with van der Waals surface area (Å²) < 4.78 is 5.30. The van der Waals surface area contributed by atoms with Crippen LogP contribution in [0.25, 0.3) is 0 Å². The molecule has 5 nitrogen and oxygen atoms in total. The van der Waals surface area contributed by atoms with E-state index in [9.17, 15) is 0 Å². The first-order chi connectivity index (χ1) is 6.84. The second kappa shape index (κ2) is 4.41. The van der Waals surface area contributed by atoms with Crippen LogP contribution in [0.5, 0.6) is 0 Å². The molecular formula is C9H16N4O. The zero-order valence-electron chi connectivity index (χ0n) is 8.22. The van der Waals surface area contributed by atoms with Crippen LogP contribution in [0.2, 0.25) is 0 Å². The van der Waals surface area contributed by atoms with Crippen molar-refractivity contribution in [1.82, 2.24) is 15.0 Å². The normalized spacial score (nSPS) is 18.6. The number of hydrogen-bond acceptors (Lipinski definition) is 4. The molecule has 1 aliphatic heterocycles. The molecule has 0 bridgehead atoms. The minimum atomic E-state index is 0.497. The molecule has 0 aromatic carbocycles. The molecule has 78 valence electrons.